The minimum absolute atomic E-state index is 0.00396. The predicted molar refractivity (Wildman–Crippen MR) is 106 cm³/mol. The number of benzene rings is 2. The van der Waals surface area contributed by atoms with Gasteiger partial charge in [0.2, 0.25) is 0 Å². The third-order valence-corrected chi connectivity index (χ3v) is 5.29. The van der Waals surface area contributed by atoms with Gasteiger partial charge in [0.25, 0.3) is 11.2 Å². The first-order chi connectivity index (χ1) is 13.0. The third kappa shape index (κ3) is 3.24. The number of rotatable bonds is 4. The van der Waals surface area contributed by atoms with Gasteiger partial charge in [0.1, 0.15) is 4.83 Å². The maximum absolute atomic E-state index is 13.1. The van der Waals surface area contributed by atoms with Crippen molar-refractivity contribution in [1.29, 1.82) is 0 Å². The van der Waals surface area contributed by atoms with Crippen LogP contribution in [0, 0.1) is 17.0 Å². The van der Waals surface area contributed by atoms with Crippen LogP contribution in [-0.4, -0.2) is 14.5 Å². The lowest BCUT2D eigenvalue weighted by atomic mass is 10.1. The monoisotopic (exact) mass is 377 g/mol. The van der Waals surface area contributed by atoms with E-state index < -0.39 is 4.92 Å². The van der Waals surface area contributed by atoms with Crippen LogP contribution in [0.15, 0.2) is 65.0 Å². The van der Waals surface area contributed by atoms with Gasteiger partial charge in [-0.1, -0.05) is 42.0 Å². The Labute approximate surface area is 158 Å². The molecule has 2 heterocycles. The van der Waals surface area contributed by atoms with Crippen LogP contribution in [0.3, 0.4) is 0 Å². The molecule has 0 bridgehead atoms. The Balaban J connectivity index is 1.82. The molecule has 27 heavy (non-hydrogen) atoms. The zero-order valence-corrected chi connectivity index (χ0v) is 15.3. The largest absolute Gasteiger partial charge is 0.294 e. The number of fused-ring (bicyclic) bond motifs is 1. The second-order valence-electron chi connectivity index (χ2n) is 6.30. The Morgan fingerprint density at radius 2 is 1.96 bits per heavy atom. The van der Waals surface area contributed by atoms with E-state index in [4.69, 9.17) is 0 Å². The van der Waals surface area contributed by atoms with E-state index in [0.717, 1.165) is 11.1 Å². The fourth-order valence-corrected chi connectivity index (χ4v) is 3.88. The average Bonchev–Trinajstić information content (AvgIpc) is 3.11. The van der Waals surface area contributed by atoms with Gasteiger partial charge >= 0.3 is 0 Å². The molecule has 0 aliphatic carbocycles. The van der Waals surface area contributed by atoms with Crippen molar-refractivity contribution in [1.82, 2.24) is 9.55 Å². The molecule has 0 aliphatic heterocycles. The molecule has 4 aromatic rings. The molecule has 0 aliphatic rings. The smallest absolute Gasteiger partial charge is 0.270 e. The number of nitro benzene ring substituents is 1. The van der Waals surface area contributed by atoms with Gasteiger partial charge in [-0.05, 0) is 18.1 Å². The summed E-state index contributed by atoms with van der Waals surface area (Å²) in [7, 11) is 0. The molecule has 4 rings (SSSR count). The third-order valence-electron chi connectivity index (χ3n) is 4.40. The second-order valence-corrected chi connectivity index (χ2v) is 7.16. The number of nitrogens with zero attached hydrogens (tertiary/aromatic N) is 3. The lowest BCUT2D eigenvalue weighted by Gasteiger charge is -2.07. The first kappa shape index (κ1) is 17.1. The number of aromatic nitrogens is 2. The summed E-state index contributed by atoms with van der Waals surface area (Å²) in [5.41, 5.74) is 3.33. The highest BCUT2D eigenvalue weighted by atomic mass is 32.1. The molecule has 0 spiro atoms. The number of hydrogen-bond donors (Lipinski definition) is 0. The normalized spacial score (nSPS) is 11.0. The Hall–Kier alpha value is -3.32. The standard InChI is InChI=1S/C20H15N3O3S/c1-13-5-7-14(8-6-13)10-22-12-21-19-18(20(22)24)17(11-27-19)15-3-2-4-16(9-15)23(25)26/h2-9,11-12H,10H2,1H3. The summed E-state index contributed by atoms with van der Waals surface area (Å²) in [6.07, 6.45) is 1.55. The van der Waals surface area contributed by atoms with Crippen LogP contribution < -0.4 is 5.56 Å². The topological polar surface area (TPSA) is 78.0 Å². The molecular formula is C20H15N3O3S. The van der Waals surface area contributed by atoms with E-state index in [9.17, 15) is 14.9 Å². The van der Waals surface area contributed by atoms with Crippen LogP contribution in [-0.2, 0) is 6.54 Å². The lowest BCUT2D eigenvalue weighted by molar-refractivity contribution is -0.384. The van der Waals surface area contributed by atoms with Gasteiger partial charge in [-0.25, -0.2) is 4.98 Å². The van der Waals surface area contributed by atoms with E-state index in [-0.39, 0.29) is 11.2 Å². The number of non-ortho nitro benzene ring substituents is 1. The number of aryl methyl sites for hydroxylation is 1. The Morgan fingerprint density at radius 3 is 2.70 bits per heavy atom. The van der Waals surface area contributed by atoms with Gasteiger partial charge in [0.05, 0.1) is 23.2 Å². The van der Waals surface area contributed by atoms with Crippen LogP contribution in [0.4, 0.5) is 5.69 Å². The molecule has 0 saturated carbocycles. The summed E-state index contributed by atoms with van der Waals surface area (Å²) in [4.78, 5) is 28.7. The molecule has 0 saturated heterocycles. The molecule has 7 heteroatoms. The average molecular weight is 377 g/mol. The number of nitro groups is 1. The molecule has 0 unspecified atom stereocenters. The maximum Gasteiger partial charge on any atom is 0.270 e. The summed E-state index contributed by atoms with van der Waals surface area (Å²) >= 11 is 1.36. The van der Waals surface area contributed by atoms with E-state index in [1.54, 1.807) is 23.0 Å². The zero-order chi connectivity index (χ0) is 19.0. The highest BCUT2D eigenvalue weighted by Gasteiger charge is 2.15. The van der Waals surface area contributed by atoms with E-state index in [0.29, 0.717) is 27.9 Å². The molecule has 0 atom stereocenters. The van der Waals surface area contributed by atoms with Crippen LogP contribution in [0.1, 0.15) is 11.1 Å². The van der Waals surface area contributed by atoms with Crippen molar-refractivity contribution in [3.63, 3.8) is 0 Å². The van der Waals surface area contributed by atoms with Crippen molar-refractivity contribution in [2.45, 2.75) is 13.5 Å². The molecule has 134 valence electrons. The molecule has 0 fully saturated rings. The fraction of sp³-hybridized carbons (Fsp3) is 0.100. The fourth-order valence-electron chi connectivity index (χ4n) is 2.97. The van der Waals surface area contributed by atoms with Gasteiger partial charge in [0.15, 0.2) is 0 Å². The molecule has 0 radical (unpaired) electrons. The molecular weight excluding hydrogens is 362 g/mol. The van der Waals surface area contributed by atoms with Crippen molar-refractivity contribution in [2.24, 2.45) is 0 Å². The van der Waals surface area contributed by atoms with Gasteiger partial charge in [-0.3, -0.25) is 19.5 Å². The summed E-state index contributed by atoms with van der Waals surface area (Å²) in [5, 5.41) is 13.4. The van der Waals surface area contributed by atoms with Gasteiger partial charge in [-0.2, -0.15) is 0 Å². The van der Waals surface area contributed by atoms with Crippen LogP contribution in [0.5, 0.6) is 0 Å². The quantitative estimate of drug-likeness (QED) is 0.390. The minimum atomic E-state index is -0.439. The molecule has 2 aromatic carbocycles. The molecule has 6 nitrogen and oxygen atoms in total. The summed E-state index contributed by atoms with van der Waals surface area (Å²) < 4.78 is 1.57. The van der Waals surface area contributed by atoms with Crippen molar-refractivity contribution >= 4 is 27.2 Å². The van der Waals surface area contributed by atoms with Gasteiger partial charge in [-0.15, -0.1) is 11.3 Å². The van der Waals surface area contributed by atoms with Crippen LogP contribution in [0.25, 0.3) is 21.3 Å². The molecule has 2 aromatic heterocycles. The highest BCUT2D eigenvalue weighted by Crippen LogP contribution is 2.32. The highest BCUT2D eigenvalue weighted by molar-refractivity contribution is 7.17. The molecule has 0 amide bonds. The summed E-state index contributed by atoms with van der Waals surface area (Å²) in [5.74, 6) is 0. The first-order valence-corrected chi connectivity index (χ1v) is 9.18. The van der Waals surface area contributed by atoms with Crippen LogP contribution in [0.2, 0.25) is 0 Å². The maximum atomic E-state index is 13.1. The van der Waals surface area contributed by atoms with E-state index in [1.165, 1.54) is 23.5 Å². The lowest BCUT2D eigenvalue weighted by Crippen LogP contribution is -2.20. The molecule has 0 N–H and O–H groups in total. The van der Waals surface area contributed by atoms with Crippen LogP contribution >= 0.6 is 11.3 Å². The first-order valence-electron chi connectivity index (χ1n) is 8.30. The summed E-state index contributed by atoms with van der Waals surface area (Å²) in [6.45, 7) is 2.44. The van der Waals surface area contributed by atoms with Crippen molar-refractivity contribution in [2.75, 3.05) is 0 Å². The van der Waals surface area contributed by atoms with Crippen molar-refractivity contribution in [3.05, 3.63) is 91.8 Å². The predicted octanol–water partition coefficient (Wildman–Crippen LogP) is 4.39. The SMILES string of the molecule is Cc1ccc(Cn2cnc3scc(-c4cccc([N+](=O)[O-])c4)c3c2=O)cc1. The van der Waals surface area contributed by atoms with Crippen molar-refractivity contribution in [3.8, 4) is 11.1 Å². The Kier molecular flexibility index (Phi) is 4.29. The van der Waals surface area contributed by atoms with Gasteiger partial charge < -0.3 is 0 Å². The van der Waals surface area contributed by atoms with E-state index in [2.05, 4.69) is 4.98 Å². The number of hydrogen-bond acceptors (Lipinski definition) is 5. The second kappa shape index (κ2) is 6.77. The number of thiophene rings is 1. The Morgan fingerprint density at radius 1 is 1.19 bits per heavy atom. The van der Waals surface area contributed by atoms with E-state index in [1.807, 2.05) is 36.6 Å². The zero-order valence-electron chi connectivity index (χ0n) is 14.5. The Bertz CT molecular complexity index is 1210. The minimum Gasteiger partial charge on any atom is -0.294 e. The van der Waals surface area contributed by atoms with Crippen molar-refractivity contribution < 1.29 is 4.92 Å². The van der Waals surface area contributed by atoms with Gasteiger partial charge in [0, 0.05) is 23.1 Å². The summed E-state index contributed by atoms with van der Waals surface area (Å²) in [6, 6.07) is 14.3. The van der Waals surface area contributed by atoms with E-state index >= 15 is 0 Å².